The molecule has 7 heteroatoms. The summed E-state index contributed by atoms with van der Waals surface area (Å²) < 4.78 is 10.1. The fourth-order valence-electron chi connectivity index (χ4n) is 2.67. The number of carbonyl (C=O) groups is 2. The molecule has 0 atom stereocenters. The van der Waals surface area contributed by atoms with Crippen LogP contribution in [0.1, 0.15) is 28.4 Å². The van der Waals surface area contributed by atoms with E-state index in [1.807, 2.05) is 6.07 Å². The fraction of sp³-hybridized carbons (Fsp3) is 0.174. The molecule has 0 aliphatic heterocycles. The van der Waals surface area contributed by atoms with Gasteiger partial charge < -0.3 is 19.9 Å². The van der Waals surface area contributed by atoms with E-state index in [9.17, 15) is 20.0 Å². The number of phenolic OH excluding ortho intramolecular Hbond substituents is 1. The van der Waals surface area contributed by atoms with Crippen LogP contribution in [0.15, 0.2) is 54.6 Å². The molecule has 0 aliphatic rings. The second-order valence-corrected chi connectivity index (χ2v) is 6.15. The number of methoxy groups -OCH3 is 1. The summed E-state index contributed by atoms with van der Waals surface area (Å²) in [7, 11) is 1.28. The lowest BCUT2D eigenvalue weighted by Crippen LogP contribution is -2.13. The van der Waals surface area contributed by atoms with Crippen LogP contribution in [0.2, 0.25) is 0 Å². The summed E-state index contributed by atoms with van der Waals surface area (Å²) >= 11 is 0. The number of esters is 1. The predicted molar refractivity (Wildman–Crippen MR) is 113 cm³/mol. The lowest BCUT2D eigenvalue weighted by atomic mass is 10.0. The molecule has 0 radical (unpaired) electrons. The van der Waals surface area contributed by atoms with E-state index in [2.05, 4.69) is 16.6 Å². The maximum atomic E-state index is 12.5. The molecule has 2 aromatic carbocycles. The Morgan fingerprint density at radius 3 is 2.53 bits per heavy atom. The molecule has 0 saturated carbocycles. The van der Waals surface area contributed by atoms with Crippen molar-refractivity contribution < 1.29 is 24.2 Å². The van der Waals surface area contributed by atoms with Crippen molar-refractivity contribution in [3.05, 3.63) is 71.3 Å². The number of anilines is 1. The van der Waals surface area contributed by atoms with Gasteiger partial charge in [-0.05, 0) is 61.4 Å². The largest absolute Gasteiger partial charge is 0.504 e. The number of rotatable bonds is 8. The van der Waals surface area contributed by atoms with E-state index < -0.39 is 11.9 Å². The molecule has 0 spiro atoms. The van der Waals surface area contributed by atoms with Crippen molar-refractivity contribution in [1.29, 1.82) is 5.26 Å². The van der Waals surface area contributed by atoms with Gasteiger partial charge in [0.05, 0.1) is 19.3 Å². The van der Waals surface area contributed by atoms with Gasteiger partial charge in [-0.25, -0.2) is 4.79 Å². The number of nitrogens with one attached hydrogen (secondary N) is 1. The standard InChI is InChI=1S/C23H22N2O5/c1-4-6-17-11-15(13-20(21(17)26)30-5-2)12-18(14-24)22(27)25-19-9-7-16(8-10-19)23(28)29-3/h4,7-13,26H,1,5-6H2,2-3H3,(H,25,27). The van der Waals surface area contributed by atoms with Gasteiger partial charge in [-0.2, -0.15) is 5.26 Å². The third kappa shape index (κ3) is 5.49. The highest BCUT2D eigenvalue weighted by Crippen LogP contribution is 2.33. The Labute approximate surface area is 174 Å². The van der Waals surface area contributed by atoms with Crippen LogP contribution in [-0.2, 0) is 16.0 Å². The molecule has 2 N–H and O–H groups in total. The molecule has 0 bridgehead atoms. The first-order chi connectivity index (χ1) is 14.4. The van der Waals surface area contributed by atoms with Crippen molar-refractivity contribution in [2.24, 2.45) is 0 Å². The minimum Gasteiger partial charge on any atom is -0.504 e. The quantitative estimate of drug-likeness (QED) is 0.298. The summed E-state index contributed by atoms with van der Waals surface area (Å²) in [5, 5.41) is 22.3. The number of allylic oxidation sites excluding steroid dienone is 1. The van der Waals surface area contributed by atoms with E-state index >= 15 is 0 Å². The predicted octanol–water partition coefficient (Wildman–Crippen LogP) is 3.85. The molecule has 0 fully saturated rings. The van der Waals surface area contributed by atoms with Crippen molar-refractivity contribution in [3.63, 3.8) is 0 Å². The number of hydrogen-bond donors (Lipinski definition) is 2. The number of carbonyl (C=O) groups excluding carboxylic acids is 2. The van der Waals surface area contributed by atoms with E-state index in [1.165, 1.54) is 37.5 Å². The van der Waals surface area contributed by atoms with E-state index in [0.717, 1.165) is 0 Å². The monoisotopic (exact) mass is 406 g/mol. The molecule has 0 saturated heterocycles. The van der Waals surface area contributed by atoms with Gasteiger partial charge in [0.25, 0.3) is 5.91 Å². The second kappa shape index (κ2) is 10.5. The maximum absolute atomic E-state index is 12.5. The Morgan fingerprint density at radius 1 is 1.27 bits per heavy atom. The minimum absolute atomic E-state index is 0.00237. The first-order valence-corrected chi connectivity index (χ1v) is 9.14. The SMILES string of the molecule is C=CCc1cc(C=C(C#N)C(=O)Nc2ccc(C(=O)OC)cc2)cc(OCC)c1O. The average molecular weight is 406 g/mol. The van der Waals surface area contributed by atoms with E-state index in [-0.39, 0.29) is 17.1 Å². The third-order valence-electron chi connectivity index (χ3n) is 4.08. The summed E-state index contributed by atoms with van der Waals surface area (Å²) in [6, 6.07) is 11.2. The lowest BCUT2D eigenvalue weighted by Gasteiger charge is -2.11. The first-order valence-electron chi connectivity index (χ1n) is 9.14. The normalized spacial score (nSPS) is 10.6. The van der Waals surface area contributed by atoms with Gasteiger partial charge >= 0.3 is 5.97 Å². The Morgan fingerprint density at radius 2 is 1.97 bits per heavy atom. The zero-order chi connectivity index (χ0) is 22.1. The zero-order valence-electron chi connectivity index (χ0n) is 16.8. The Balaban J connectivity index is 2.30. The van der Waals surface area contributed by atoms with Crippen LogP contribution < -0.4 is 10.1 Å². The number of nitrogens with zero attached hydrogens (tertiary/aromatic N) is 1. The van der Waals surface area contributed by atoms with E-state index in [0.29, 0.717) is 35.4 Å². The van der Waals surface area contributed by atoms with Crippen molar-refractivity contribution in [3.8, 4) is 17.6 Å². The summed E-state index contributed by atoms with van der Waals surface area (Å²) in [4.78, 5) is 24.0. The maximum Gasteiger partial charge on any atom is 0.337 e. The van der Waals surface area contributed by atoms with Gasteiger partial charge in [0.2, 0.25) is 0 Å². The van der Waals surface area contributed by atoms with Gasteiger partial charge in [-0.3, -0.25) is 4.79 Å². The summed E-state index contributed by atoms with van der Waals surface area (Å²) in [5.74, 6) is -0.834. The van der Waals surface area contributed by atoms with Crippen LogP contribution in [0.4, 0.5) is 5.69 Å². The Bertz CT molecular complexity index is 1020. The summed E-state index contributed by atoms with van der Waals surface area (Å²) in [5.41, 5.74) is 1.72. The second-order valence-electron chi connectivity index (χ2n) is 6.15. The molecule has 30 heavy (non-hydrogen) atoms. The Hall–Kier alpha value is -4.05. The molecular formula is C23H22N2O5. The molecule has 0 aromatic heterocycles. The van der Waals surface area contributed by atoms with Crippen molar-refractivity contribution in [1.82, 2.24) is 0 Å². The zero-order valence-corrected chi connectivity index (χ0v) is 16.8. The number of hydrogen-bond acceptors (Lipinski definition) is 6. The molecule has 154 valence electrons. The molecule has 2 aromatic rings. The molecule has 0 aliphatic carbocycles. The average Bonchev–Trinajstić information content (AvgIpc) is 2.75. The Kier molecular flexibility index (Phi) is 7.77. The first kappa shape index (κ1) is 22.2. The van der Waals surface area contributed by atoms with E-state index in [1.54, 1.807) is 25.1 Å². The van der Waals surface area contributed by atoms with E-state index in [4.69, 9.17) is 4.74 Å². The fourth-order valence-corrected chi connectivity index (χ4v) is 2.67. The van der Waals surface area contributed by atoms with Crippen LogP contribution >= 0.6 is 0 Å². The molecule has 2 rings (SSSR count). The van der Waals surface area contributed by atoms with Crippen LogP contribution in [0, 0.1) is 11.3 Å². The summed E-state index contributed by atoms with van der Waals surface area (Å²) in [6.07, 6.45) is 3.44. The van der Waals surface area contributed by atoms with Gasteiger partial charge in [-0.1, -0.05) is 6.08 Å². The number of nitriles is 1. The smallest absolute Gasteiger partial charge is 0.337 e. The molecule has 0 unspecified atom stereocenters. The highest BCUT2D eigenvalue weighted by molar-refractivity contribution is 6.09. The highest BCUT2D eigenvalue weighted by Gasteiger charge is 2.14. The highest BCUT2D eigenvalue weighted by atomic mass is 16.5. The lowest BCUT2D eigenvalue weighted by molar-refractivity contribution is -0.112. The molecular weight excluding hydrogens is 384 g/mol. The number of phenols is 1. The van der Waals surface area contributed by atoms with Crippen molar-refractivity contribution in [2.45, 2.75) is 13.3 Å². The molecule has 0 heterocycles. The van der Waals surface area contributed by atoms with Gasteiger partial charge in [0.15, 0.2) is 11.5 Å². The van der Waals surface area contributed by atoms with Crippen LogP contribution in [0.25, 0.3) is 6.08 Å². The third-order valence-corrected chi connectivity index (χ3v) is 4.08. The number of ether oxygens (including phenoxy) is 2. The molecule has 1 amide bonds. The number of benzene rings is 2. The number of aromatic hydroxyl groups is 1. The van der Waals surface area contributed by atoms with Crippen molar-refractivity contribution >= 4 is 23.6 Å². The van der Waals surface area contributed by atoms with Crippen LogP contribution in [0.5, 0.6) is 11.5 Å². The van der Waals surface area contributed by atoms with Gasteiger partial charge in [-0.15, -0.1) is 6.58 Å². The van der Waals surface area contributed by atoms with Crippen LogP contribution in [-0.4, -0.2) is 30.7 Å². The topological polar surface area (TPSA) is 109 Å². The number of amides is 1. The minimum atomic E-state index is -0.611. The van der Waals surface area contributed by atoms with Gasteiger partial charge in [0.1, 0.15) is 11.6 Å². The van der Waals surface area contributed by atoms with Gasteiger partial charge in [0, 0.05) is 11.3 Å². The molecule has 7 nitrogen and oxygen atoms in total. The summed E-state index contributed by atoms with van der Waals surface area (Å²) in [6.45, 7) is 5.80. The van der Waals surface area contributed by atoms with Crippen molar-refractivity contribution in [2.75, 3.05) is 19.0 Å². The van der Waals surface area contributed by atoms with Crippen LogP contribution in [0.3, 0.4) is 0 Å².